The molecular formula is C13H16ClFN2O3. The topological polar surface area (TPSA) is 72.2 Å². The number of nitro benzene ring substituents is 1. The van der Waals surface area contributed by atoms with E-state index in [1.54, 1.807) is 0 Å². The first kappa shape index (κ1) is 16.4. The number of halogens is 2. The average Bonchev–Trinajstić information content (AvgIpc) is 2.42. The summed E-state index contributed by atoms with van der Waals surface area (Å²) >= 11 is 5.66. The zero-order valence-corrected chi connectivity index (χ0v) is 11.8. The molecule has 1 unspecified atom stereocenters. The van der Waals surface area contributed by atoms with Crippen molar-refractivity contribution in [3.8, 4) is 0 Å². The third kappa shape index (κ3) is 4.77. The first-order valence-electron chi connectivity index (χ1n) is 6.23. The van der Waals surface area contributed by atoms with Crippen molar-refractivity contribution in [1.29, 1.82) is 0 Å². The number of rotatable bonds is 7. The summed E-state index contributed by atoms with van der Waals surface area (Å²) in [5.74, 6) is -0.545. The number of nitro groups is 1. The Morgan fingerprint density at radius 1 is 1.55 bits per heavy atom. The minimum atomic E-state index is -0.897. The summed E-state index contributed by atoms with van der Waals surface area (Å²) in [5, 5.41) is 13.0. The second-order valence-corrected chi connectivity index (χ2v) is 4.89. The Balaban J connectivity index is 2.53. The lowest BCUT2D eigenvalue weighted by atomic mass is 10.1. The molecule has 1 aromatic rings. The van der Waals surface area contributed by atoms with Gasteiger partial charge >= 0.3 is 0 Å². The third-order valence-corrected chi connectivity index (χ3v) is 3.36. The van der Waals surface area contributed by atoms with Gasteiger partial charge in [0.25, 0.3) is 11.6 Å². The lowest BCUT2D eigenvalue weighted by Crippen LogP contribution is -2.25. The molecule has 0 fully saturated rings. The zero-order valence-electron chi connectivity index (χ0n) is 11.1. The Labute approximate surface area is 121 Å². The van der Waals surface area contributed by atoms with Crippen LogP contribution in [0.15, 0.2) is 18.2 Å². The summed E-state index contributed by atoms with van der Waals surface area (Å²) in [5.41, 5.74) is -0.573. The molecule has 0 radical (unpaired) electrons. The normalized spacial score (nSPS) is 11.9. The van der Waals surface area contributed by atoms with Gasteiger partial charge in [-0.1, -0.05) is 6.92 Å². The molecule has 0 aliphatic carbocycles. The number of nitrogens with zero attached hydrogens (tertiary/aromatic N) is 1. The summed E-state index contributed by atoms with van der Waals surface area (Å²) in [6.07, 6.45) is 1.61. The summed E-state index contributed by atoms with van der Waals surface area (Å²) in [6, 6.07) is 2.96. The van der Waals surface area contributed by atoms with Crippen LogP contribution < -0.4 is 5.32 Å². The van der Waals surface area contributed by atoms with Gasteiger partial charge in [-0.3, -0.25) is 14.9 Å². The van der Waals surface area contributed by atoms with Gasteiger partial charge in [-0.2, -0.15) is 0 Å². The monoisotopic (exact) mass is 302 g/mol. The van der Waals surface area contributed by atoms with Crippen molar-refractivity contribution in [2.24, 2.45) is 5.92 Å². The highest BCUT2D eigenvalue weighted by Gasteiger charge is 2.15. The first-order valence-corrected chi connectivity index (χ1v) is 6.77. The Hall–Kier alpha value is -1.69. The summed E-state index contributed by atoms with van der Waals surface area (Å²) in [6.45, 7) is 2.42. The van der Waals surface area contributed by atoms with Crippen molar-refractivity contribution >= 4 is 23.2 Å². The lowest BCUT2D eigenvalue weighted by Gasteiger charge is -2.08. The molecule has 1 amide bonds. The predicted octanol–water partition coefficient (Wildman–Crippen LogP) is 3.12. The standard InChI is InChI=1S/C13H16ClFN2O3/c1-9(8-14)3-2-6-16-13(18)11-5-4-10(17(19)20)7-12(11)15/h4-5,7,9H,2-3,6,8H2,1H3,(H,16,18). The van der Waals surface area contributed by atoms with E-state index in [0.29, 0.717) is 18.3 Å². The van der Waals surface area contributed by atoms with Crippen LogP contribution in [0, 0.1) is 21.8 Å². The fourth-order valence-electron chi connectivity index (χ4n) is 1.63. The van der Waals surface area contributed by atoms with Crippen LogP contribution >= 0.6 is 11.6 Å². The minimum absolute atomic E-state index is 0.194. The Morgan fingerprint density at radius 3 is 2.80 bits per heavy atom. The van der Waals surface area contributed by atoms with E-state index in [-0.39, 0.29) is 11.3 Å². The van der Waals surface area contributed by atoms with Gasteiger partial charge in [0.05, 0.1) is 16.6 Å². The van der Waals surface area contributed by atoms with Crippen LogP contribution in [0.1, 0.15) is 30.1 Å². The van der Waals surface area contributed by atoms with Gasteiger partial charge < -0.3 is 5.32 Å². The number of amides is 1. The van der Waals surface area contributed by atoms with Gasteiger partial charge in [-0.25, -0.2) is 4.39 Å². The zero-order chi connectivity index (χ0) is 15.1. The van der Waals surface area contributed by atoms with Crippen molar-refractivity contribution in [2.45, 2.75) is 19.8 Å². The van der Waals surface area contributed by atoms with Crippen molar-refractivity contribution in [2.75, 3.05) is 12.4 Å². The van der Waals surface area contributed by atoms with E-state index < -0.39 is 16.6 Å². The van der Waals surface area contributed by atoms with Crippen molar-refractivity contribution in [1.82, 2.24) is 5.32 Å². The van der Waals surface area contributed by atoms with E-state index in [0.717, 1.165) is 31.0 Å². The van der Waals surface area contributed by atoms with E-state index in [1.807, 2.05) is 6.92 Å². The molecule has 0 heterocycles. The third-order valence-electron chi connectivity index (χ3n) is 2.83. The quantitative estimate of drug-likeness (QED) is 0.364. The number of nitrogens with one attached hydrogen (secondary N) is 1. The fourth-order valence-corrected chi connectivity index (χ4v) is 1.78. The van der Waals surface area contributed by atoms with E-state index in [4.69, 9.17) is 11.6 Å². The smallest absolute Gasteiger partial charge is 0.272 e. The van der Waals surface area contributed by atoms with Crippen molar-refractivity contribution < 1.29 is 14.1 Å². The second kappa shape index (κ2) is 7.79. The van der Waals surface area contributed by atoms with Crippen LogP contribution in [-0.2, 0) is 0 Å². The highest BCUT2D eigenvalue weighted by atomic mass is 35.5. The SMILES string of the molecule is CC(CCl)CCCNC(=O)c1ccc([N+](=O)[O-])cc1F. The fraction of sp³-hybridized carbons (Fsp3) is 0.462. The number of benzene rings is 1. The molecule has 0 aromatic heterocycles. The molecule has 1 atom stereocenters. The molecule has 0 bridgehead atoms. The molecule has 7 heteroatoms. The molecule has 20 heavy (non-hydrogen) atoms. The Morgan fingerprint density at radius 2 is 2.25 bits per heavy atom. The van der Waals surface area contributed by atoms with Gasteiger partial charge in [0.2, 0.25) is 0 Å². The summed E-state index contributed by atoms with van der Waals surface area (Å²) in [7, 11) is 0. The number of hydrogen-bond donors (Lipinski definition) is 1. The molecule has 110 valence electrons. The van der Waals surface area contributed by atoms with Crippen LogP contribution in [0.2, 0.25) is 0 Å². The van der Waals surface area contributed by atoms with Gasteiger partial charge in [0, 0.05) is 18.5 Å². The van der Waals surface area contributed by atoms with Crippen LogP contribution in [0.4, 0.5) is 10.1 Å². The first-order chi connectivity index (χ1) is 9.45. The highest BCUT2D eigenvalue weighted by Crippen LogP contribution is 2.16. The number of non-ortho nitro benzene ring substituents is 1. The van der Waals surface area contributed by atoms with E-state index >= 15 is 0 Å². The predicted molar refractivity (Wildman–Crippen MR) is 74.5 cm³/mol. The maximum Gasteiger partial charge on any atom is 0.272 e. The molecule has 1 rings (SSSR count). The van der Waals surface area contributed by atoms with Crippen LogP contribution in [0.25, 0.3) is 0 Å². The summed E-state index contributed by atoms with van der Waals surface area (Å²) < 4.78 is 13.6. The molecule has 5 nitrogen and oxygen atoms in total. The molecule has 0 spiro atoms. The maximum absolute atomic E-state index is 13.6. The Bertz CT molecular complexity index is 497. The number of carbonyl (C=O) groups excluding carboxylic acids is 1. The summed E-state index contributed by atoms with van der Waals surface area (Å²) in [4.78, 5) is 21.5. The second-order valence-electron chi connectivity index (χ2n) is 4.58. The number of alkyl halides is 1. The van der Waals surface area contributed by atoms with E-state index in [9.17, 15) is 19.3 Å². The van der Waals surface area contributed by atoms with E-state index in [2.05, 4.69) is 5.32 Å². The lowest BCUT2D eigenvalue weighted by molar-refractivity contribution is -0.385. The van der Waals surface area contributed by atoms with Gasteiger partial charge in [-0.05, 0) is 24.8 Å². The van der Waals surface area contributed by atoms with Crippen molar-refractivity contribution in [3.05, 3.63) is 39.7 Å². The molecule has 0 saturated heterocycles. The molecule has 0 saturated carbocycles. The average molecular weight is 303 g/mol. The van der Waals surface area contributed by atoms with Gasteiger partial charge in [0.1, 0.15) is 5.82 Å². The van der Waals surface area contributed by atoms with E-state index in [1.165, 1.54) is 0 Å². The minimum Gasteiger partial charge on any atom is -0.352 e. The molecule has 0 aliphatic heterocycles. The number of carbonyl (C=O) groups is 1. The van der Waals surface area contributed by atoms with Crippen LogP contribution in [0.5, 0.6) is 0 Å². The van der Waals surface area contributed by atoms with Crippen LogP contribution in [0.3, 0.4) is 0 Å². The Kier molecular flexibility index (Phi) is 6.38. The van der Waals surface area contributed by atoms with Gasteiger partial charge in [0.15, 0.2) is 0 Å². The highest BCUT2D eigenvalue weighted by molar-refractivity contribution is 6.18. The molecular weight excluding hydrogens is 287 g/mol. The maximum atomic E-state index is 13.6. The molecule has 1 N–H and O–H groups in total. The molecule has 0 aliphatic rings. The largest absolute Gasteiger partial charge is 0.352 e. The van der Waals surface area contributed by atoms with Gasteiger partial charge in [-0.15, -0.1) is 11.6 Å². The van der Waals surface area contributed by atoms with Crippen LogP contribution in [-0.4, -0.2) is 23.3 Å². The van der Waals surface area contributed by atoms with Crippen molar-refractivity contribution in [3.63, 3.8) is 0 Å². The molecule has 1 aromatic carbocycles. The number of hydrogen-bond acceptors (Lipinski definition) is 3.